The van der Waals surface area contributed by atoms with Gasteiger partial charge in [0.1, 0.15) is 0 Å². The molecular formula is C14H20Cl2N2OS. The van der Waals surface area contributed by atoms with Crippen molar-refractivity contribution >= 4 is 41.7 Å². The number of carbonyl (C=O) groups is 1. The monoisotopic (exact) mass is 334 g/mol. The van der Waals surface area contributed by atoms with Crippen molar-refractivity contribution in [2.24, 2.45) is 0 Å². The van der Waals surface area contributed by atoms with E-state index in [0.717, 1.165) is 36.7 Å². The number of carbonyl (C=O) groups excluding carboxylic acids is 1. The molecule has 3 nitrogen and oxygen atoms in total. The third-order valence-electron chi connectivity index (χ3n) is 3.08. The second-order valence-corrected chi connectivity index (χ2v) is 6.15. The van der Waals surface area contributed by atoms with Gasteiger partial charge in [-0.3, -0.25) is 4.79 Å². The minimum atomic E-state index is 0. The molecule has 20 heavy (non-hydrogen) atoms. The Labute approximate surface area is 135 Å². The number of hydrogen-bond donors (Lipinski definition) is 2. The zero-order valence-electron chi connectivity index (χ0n) is 11.2. The Kier molecular flexibility index (Phi) is 8.38. The molecular weight excluding hydrogens is 315 g/mol. The van der Waals surface area contributed by atoms with Gasteiger partial charge < -0.3 is 10.6 Å². The van der Waals surface area contributed by atoms with Crippen LogP contribution in [0.3, 0.4) is 0 Å². The predicted octanol–water partition coefficient (Wildman–Crippen LogP) is 2.86. The molecule has 1 atom stereocenters. The van der Waals surface area contributed by atoms with Crippen LogP contribution in [0, 0.1) is 0 Å². The van der Waals surface area contributed by atoms with Crippen LogP contribution in [0.5, 0.6) is 0 Å². The first-order valence-electron chi connectivity index (χ1n) is 6.56. The van der Waals surface area contributed by atoms with E-state index in [-0.39, 0.29) is 18.3 Å². The zero-order valence-corrected chi connectivity index (χ0v) is 13.6. The van der Waals surface area contributed by atoms with Crippen LogP contribution in [-0.4, -0.2) is 30.8 Å². The number of nitrogens with one attached hydrogen (secondary N) is 2. The van der Waals surface area contributed by atoms with E-state index in [1.165, 1.54) is 5.56 Å². The van der Waals surface area contributed by atoms with Gasteiger partial charge in [-0.1, -0.05) is 23.7 Å². The molecule has 2 N–H and O–H groups in total. The molecule has 1 aromatic rings. The minimum absolute atomic E-state index is 0. The molecule has 0 spiro atoms. The Balaban J connectivity index is 0.00000200. The molecule has 0 bridgehead atoms. The van der Waals surface area contributed by atoms with Crippen molar-refractivity contribution in [2.75, 3.05) is 18.8 Å². The van der Waals surface area contributed by atoms with Crippen LogP contribution in [0.1, 0.15) is 18.4 Å². The van der Waals surface area contributed by atoms with Crippen molar-refractivity contribution in [3.8, 4) is 0 Å². The highest BCUT2D eigenvalue weighted by Crippen LogP contribution is 2.15. The maximum absolute atomic E-state index is 11.8. The molecule has 0 aliphatic carbocycles. The number of benzene rings is 1. The van der Waals surface area contributed by atoms with E-state index in [1.54, 1.807) is 11.8 Å². The van der Waals surface area contributed by atoms with Crippen molar-refractivity contribution in [3.05, 3.63) is 34.9 Å². The molecule has 1 aromatic carbocycles. The first-order valence-corrected chi connectivity index (χ1v) is 8.09. The fraction of sp³-hybridized carbons (Fsp3) is 0.500. The Bertz CT molecular complexity index is 408. The van der Waals surface area contributed by atoms with E-state index < -0.39 is 0 Å². The molecule has 1 amide bonds. The molecule has 2 rings (SSSR count). The number of amides is 1. The van der Waals surface area contributed by atoms with Gasteiger partial charge in [0.15, 0.2) is 0 Å². The van der Waals surface area contributed by atoms with E-state index in [0.29, 0.717) is 11.8 Å². The van der Waals surface area contributed by atoms with E-state index in [9.17, 15) is 4.79 Å². The second kappa shape index (κ2) is 9.50. The quantitative estimate of drug-likeness (QED) is 0.869. The molecule has 0 aromatic heterocycles. The Morgan fingerprint density at radius 1 is 1.40 bits per heavy atom. The van der Waals surface area contributed by atoms with Gasteiger partial charge in [0.25, 0.3) is 0 Å². The lowest BCUT2D eigenvalue weighted by atomic mass is 10.1. The topological polar surface area (TPSA) is 41.1 Å². The molecule has 1 fully saturated rings. The zero-order chi connectivity index (χ0) is 13.5. The molecule has 1 heterocycles. The van der Waals surface area contributed by atoms with E-state index in [2.05, 4.69) is 10.6 Å². The van der Waals surface area contributed by atoms with Crippen molar-refractivity contribution in [1.82, 2.24) is 10.6 Å². The molecule has 1 aliphatic rings. The normalized spacial score (nSPS) is 18.1. The maximum atomic E-state index is 11.8. The molecule has 112 valence electrons. The van der Waals surface area contributed by atoms with Gasteiger partial charge in [-0.15, -0.1) is 24.2 Å². The average Bonchev–Trinajstić information content (AvgIpc) is 2.42. The lowest BCUT2D eigenvalue weighted by Crippen LogP contribution is -2.46. The smallest absolute Gasteiger partial charge is 0.230 e. The van der Waals surface area contributed by atoms with Gasteiger partial charge in [-0.05, 0) is 37.1 Å². The maximum Gasteiger partial charge on any atom is 0.230 e. The summed E-state index contributed by atoms with van der Waals surface area (Å²) in [4.78, 5) is 11.8. The summed E-state index contributed by atoms with van der Waals surface area (Å²) in [6.45, 7) is 1.96. The van der Waals surface area contributed by atoms with Crippen LogP contribution in [0.2, 0.25) is 5.02 Å². The Hall–Kier alpha value is -0.420. The van der Waals surface area contributed by atoms with Gasteiger partial charge in [0.05, 0.1) is 5.75 Å². The summed E-state index contributed by atoms with van der Waals surface area (Å²) in [6, 6.07) is 8.06. The third kappa shape index (κ3) is 6.35. The number of piperidine rings is 1. The molecule has 6 heteroatoms. The molecule has 0 saturated carbocycles. The summed E-state index contributed by atoms with van der Waals surface area (Å²) in [6.07, 6.45) is 2.23. The standard InChI is InChI=1S/C14H19ClN2OS.ClH/c15-12-5-3-11(4-6-12)9-19-10-14(18)17-13-2-1-7-16-8-13;/h3-6,13,16H,1-2,7-10H2,(H,17,18);1H. The minimum Gasteiger partial charge on any atom is -0.351 e. The second-order valence-electron chi connectivity index (χ2n) is 4.73. The fourth-order valence-electron chi connectivity index (χ4n) is 2.09. The number of rotatable bonds is 5. The third-order valence-corrected chi connectivity index (χ3v) is 4.33. The van der Waals surface area contributed by atoms with Crippen LogP contribution in [0.15, 0.2) is 24.3 Å². The summed E-state index contributed by atoms with van der Waals surface area (Å²) in [7, 11) is 0. The predicted molar refractivity (Wildman–Crippen MR) is 88.9 cm³/mol. The first-order chi connectivity index (χ1) is 9.24. The summed E-state index contributed by atoms with van der Waals surface area (Å²) in [5, 5.41) is 7.11. The number of halogens is 2. The Morgan fingerprint density at radius 2 is 2.15 bits per heavy atom. The Morgan fingerprint density at radius 3 is 2.80 bits per heavy atom. The average molecular weight is 335 g/mol. The van der Waals surface area contributed by atoms with Crippen molar-refractivity contribution in [1.29, 1.82) is 0 Å². The molecule has 1 unspecified atom stereocenters. The van der Waals surface area contributed by atoms with Gasteiger partial charge in [0.2, 0.25) is 5.91 Å². The molecule has 1 saturated heterocycles. The molecule has 1 aliphatic heterocycles. The fourth-order valence-corrected chi connectivity index (χ4v) is 3.01. The highest BCUT2D eigenvalue weighted by Gasteiger charge is 2.14. The van der Waals surface area contributed by atoms with Crippen molar-refractivity contribution in [2.45, 2.75) is 24.6 Å². The summed E-state index contributed by atoms with van der Waals surface area (Å²) in [5.74, 6) is 1.49. The lowest BCUT2D eigenvalue weighted by molar-refractivity contribution is -0.119. The summed E-state index contributed by atoms with van der Waals surface area (Å²) < 4.78 is 0. The van der Waals surface area contributed by atoms with E-state index in [1.807, 2.05) is 24.3 Å². The van der Waals surface area contributed by atoms with Crippen LogP contribution in [-0.2, 0) is 10.5 Å². The van der Waals surface area contributed by atoms with Gasteiger partial charge in [-0.25, -0.2) is 0 Å². The van der Waals surface area contributed by atoms with Crippen LogP contribution in [0.25, 0.3) is 0 Å². The largest absolute Gasteiger partial charge is 0.351 e. The van der Waals surface area contributed by atoms with Crippen molar-refractivity contribution in [3.63, 3.8) is 0 Å². The van der Waals surface area contributed by atoms with E-state index >= 15 is 0 Å². The van der Waals surface area contributed by atoms with Crippen LogP contribution in [0.4, 0.5) is 0 Å². The summed E-state index contributed by atoms with van der Waals surface area (Å²) >= 11 is 7.46. The summed E-state index contributed by atoms with van der Waals surface area (Å²) in [5.41, 5.74) is 1.20. The highest BCUT2D eigenvalue weighted by atomic mass is 35.5. The van der Waals surface area contributed by atoms with E-state index in [4.69, 9.17) is 11.6 Å². The highest BCUT2D eigenvalue weighted by molar-refractivity contribution is 7.99. The lowest BCUT2D eigenvalue weighted by Gasteiger charge is -2.23. The molecule has 0 radical (unpaired) electrons. The van der Waals surface area contributed by atoms with Crippen molar-refractivity contribution < 1.29 is 4.79 Å². The first kappa shape index (κ1) is 17.6. The SMILES string of the molecule is Cl.O=C(CSCc1ccc(Cl)cc1)NC1CCCNC1. The number of thioether (sulfide) groups is 1. The van der Waals surface area contributed by atoms with Gasteiger partial charge >= 0.3 is 0 Å². The van der Waals surface area contributed by atoms with Crippen LogP contribution < -0.4 is 10.6 Å². The van der Waals surface area contributed by atoms with Crippen LogP contribution >= 0.6 is 35.8 Å². The van der Waals surface area contributed by atoms with Gasteiger partial charge in [-0.2, -0.15) is 0 Å². The van der Waals surface area contributed by atoms with Gasteiger partial charge in [0, 0.05) is 23.4 Å². The number of hydrogen-bond acceptors (Lipinski definition) is 3.